The Balaban J connectivity index is 2.33. The second-order valence-electron chi connectivity index (χ2n) is 2.83. The molecule has 1 rings (SSSR count). The quantitative estimate of drug-likeness (QED) is 0.552. The van der Waals surface area contributed by atoms with Crippen molar-refractivity contribution >= 4 is 23.1 Å². The van der Waals surface area contributed by atoms with E-state index in [1.54, 1.807) is 18.3 Å². The molecule has 0 bridgehead atoms. The summed E-state index contributed by atoms with van der Waals surface area (Å²) in [5, 5.41) is 3.82. The van der Waals surface area contributed by atoms with Gasteiger partial charge in [0.05, 0.1) is 6.61 Å². The van der Waals surface area contributed by atoms with Gasteiger partial charge in [0.1, 0.15) is 12.2 Å². The highest BCUT2D eigenvalue weighted by molar-refractivity contribution is 7.07. The lowest BCUT2D eigenvalue weighted by molar-refractivity contribution is -0.145. The van der Waals surface area contributed by atoms with E-state index in [0.29, 0.717) is 13.0 Å². The van der Waals surface area contributed by atoms with Gasteiger partial charge in [-0.1, -0.05) is 0 Å². The fourth-order valence-corrected chi connectivity index (χ4v) is 1.73. The van der Waals surface area contributed by atoms with E-state index in [1.807, 2.05) is 16.8 Å². The van der Waals surface area contributed by atoms with Crippen molar-refractivity contribution in [3.63, 3.8) is 0 Å². The Labute approximate surface area is 86.7 Å². The minimum Gasteiger partial charge on any atom is -0.466 e. The van der Waals surface area contributed by atoms with Gasteiger partial charge in [0.2, 0.25) is 0 Å². The van der Waals surface area contributed by atoms with E-state index in [-0.39, 0.29) is 12.2 Å². The summed E-state index contributed by atoms with van der Waals surface area (Å²) in [6.07, 6.45) is 0.200. The molecule has 0 saturated carbocycles. The molecule has 0 N–H and O–H groups in total. The lowest BCUT2D eigenvalue weighted by Gasteiger charge is -1.99. The van der Waals surface area contributed by atoms with Gasteiger partial charge in [-0.3, -0.25) is 9.59 Å². The van der Waals surface area contributed by atoms with Gasteiger partial charge in [0.15, 0.2) is 0 Å². The summed E-state index contributed by atoms with van der Waals surface area (Å²) in [7, 11) is 0. The molecule has 1 aromatic rings. The number of carbonyl (C=O) groups excluding carboxylic acids is 2. The van der Waals surface area contributed by atoms with Crippen LogP contribution in [0.1, 0.15) is 18.9 Å². The lowest BCUT2D eigenvalue weighted by Crippen LogP contribution is -2.12. The van der Waals surface area contributed by atoms with E-state index in [2.05, 4.69) is 4.74 Å². The first-order valence-corrected chi connectivity index (χ1v) is 5.35. The number of carbonyl (C=O) groups is 2. The molecule has 0 aromatic carbocycles. The first-order chi connectivity index (χ1) is 6.72. The topological polar surface area (TPSA) is 43.4 Å². The Bertz CT molecular complexity index is 303. The molecular weight excluding hydrogens is 200 g/mol. The van der Waals surface area contributed by atoms with Gasteiger partial charge in [-0.15, -0.1) is 0 Å². The summed E-state index contributed by atoms with van der Waals surface area (Å²) < 4.78 is 4.67. The van der Waals surface area contributed by atoms with Gasteiger partial charge >= 0.3 is 5.97 Å². The maximum atomic E-state index is 11.3. The van der Waals surface area contributed by atoms with Crippen molar-refractivity contribution in [1.29, 1.82) is 0 Å². The zero-order valence-corrected chi connectivity index (χ0v) is 8.80. The molecule has 76 valence electrons. The largest absolute Gasteiger partial charge is 0.466 e. The minimum absolute atomic E-state index is 0.0955. The average Bonchev–Trinajstić information content (AvgIpc) is 2.56. The fourth-order valence-electron chi connectivity index (χ4n) is 1.06. The van der Waals surface area contributed by atoms with Gasteiger partial charge < -0.3 is 4.74 Å². The van der Waals surface area contributed by atoms with Crippen molar-refractivity contribution in [2.45, 2.75) is 19.8 Å². The number of hydrogen-bond acceptors (Lipinski definition) is 4. The molecule has 0 aliphatic rings. The van der Waals surface area contributed by atoms with E-state index in [0.717, 1.165) is 5.56 Å². The highest BCUT2D eigenvalue weighted by atomic mass is 32.1. The van der Waals surface area contributed by atoms with E-state index >= 15 is 0 Å². The van der Waals surface area contributed by atoms with E-state index in [9.17, 15) is 9.59 Å². The Morgan fingerprint density at radius 1 is 1.50 bits per heavy atom. The number of hydrogen-bond donors (Lipinski definition) is 0. The Kier molecular flexibility index (Phi) is 4.32. The smallest absolute Gasteiger partial charge is 0.313 e. The predicted molar refractivity (Wildman–Crippen MR) is 54.3 cm³/mol. The third-order valence-corrected chi connectivity index (χ3v) is 2.36. The highest BCUT2D eigenvalue weighted by Crippen LogP contribution is 2.08. The van der Waals surface area contributed by atoms with Crippen molar-refractivity contribution < 1.29 is 14.3 Å². The second-order valence-corrected chi connectivity index (χ2v) is 3.61. The number of ether oxygens (including phenoxy) is 1. The summed E-state index contributed by atoms with van der Waals surface area (Å²) in [5.41, 5.74) is 0.962. The Hall–Kier alpha value is -1.16. The van der Waals surface area contributed by atoms with Crippen LogP contribution < -0.4 is 0 Å². The highest BCUT2D eigenvalue weighted by Gasteiger charge is 2.10. The van der Waals surface area contributed by atoms with Crippen LogP contribution in [-0.2, 0) is 20.7 Å². The lowest BCUT2D eigenvalue weighted by atomic mass is 10.1. The maximum Gasteiger partial charge on any atom is 0.313 e. The monoisotopic (exact) mass is 212 g/mol. The number of thiophene rings is 1. The molecule has 0 aliphatic carbocycles. The maximum absolute atomic E-state index is 11.3. The minimum atomic E-state index is -0.437. The van der Waals surface area contributed by atoms with Crippen LogP contribution in [0.25, 0.3) is 0 Å². The van der Waals surface area contributed by atoms with E-state index in [4.69, 9.17) is 0 Å². The molecule has 14 heavy (non-hydrogen) atoms. The van der Waals surface area contributed by atoms with Gasteiger partial charge in [0.25, 0.3) is 0 Å². The third-order valence-electron chi connectivity index (χ3n) is 1.63. The molecule has 0 saturated heterocycles. The molecule has 1 aromatic heterocycles. The van der Waals surface area contributed by atoms with Crippen LogP contribution >= 0.6 is 11.3 Å². The van der Waals surface area contributed by atoms with E-state index in [1.165, 1.54) is 0 Å². The molecular formula is C10H12O3S. The fraction of sp³-hybridized carbons (Fsp3) is 0.400. The number of ketones is 1. The summed E-state index contributed by atoms with van der Waals surface area (Å²) >= 11 is 1.54. The van der Waals surface area contributed by atoms with Gasteiger partial charge in [-0.05, 0) is 29.3 Å². The normalized spacial score (nSPS) is 9.79. The van der Waals surface area contributed by atoms with Gasteiger partial charge in [0, 0.05) is 6.42 Å². The molecule has 0 aliphatic heterocycles. The summed E-state index contributed by atoms with van der Waals surface area (Å²) in [6.45, 7) is 2.05. The van der Waals surface area contributed by atoms with Crippen LogP contribution in [0.5, 0.6) is 0 Å². The number of esters is 1. The molecule has 4 heteroatoms. The van der Waals surface area contributed by atoms with Crippen LogP contribution in [0.3, 0.4) is 0 Å². The Morgan fingerprint density at radius 3 is 2.86 bits per heavy atom. The summed E-state index contributed by atoms with van der Waals surface area (Å²) in [5.74, 6) is -0.533. The first kappa shape index (κ1) is 10.9. The van der Waals surface area contributed by atoms with E-state index < -0.39 is 5.97 Å². The van der Waals surface area contributed by atoms with Gasteiger partial charge in [-0.2, -0.15) is 11.3 Å². The number of rotatable bonds is 5. The van der Waals surface area contributed by atoms with Gasteiger partial charge in [-0.25, -0.2) is 0 Å². The van der Waals surface area contributed by atoms with Crippen molar-refractivity contribution in [3.05, 3.63) is 22.4 Å². The van der Waals surface area contributed by atoms with Crippen LogP contribution in [0.2, 0.25) is 0 Å². The average molecular weight is 212 g/mol. The Morgan fingerprint density at radius 2 is 2.29 bits per heavy atom. The van der Waals surface area contributed by atoms with Crippen LogP contribution in [0.4, 0.5) is 0 Å². The predicted octanol–water partition coefficient (Wildman–Crippen LogP) is 1.81. The first-order valence-electron chi connectivity index (χ1n) is 4.40. The number of Topliss-reactive ketones (excluding diaryl/α,β-unsaturated/α-hetero) is 1. The summed E-state index contributed by atoms with van der Waals surface area (Å²) in [6, 6.07) is 1.88. The zero-order chi connectivity index (χ0) is 10.4. The van der Waals surface area contributed by atoms with Crippen molar-refractivity contribution in [1.82, 2.24) is 0 Å². The molecule has 3 nitrogen and oxygen atoms in total. The summed E-state index contributed by atoms with van der Waals surface area (Å²) in [4.78, 5) is 22.2. The third kappa shape index (κ3) is 3.70. The van der Waals surface area contributed by atoms with Crippen molar-refractivity contribution in [3.8, 4) is 0 Å². The SMILES string of the molecule is CCOC(=O)CC(=O)Cc1ccsc1. The van der Waals surface area contributed by atoms with Crippen molar-refractivity contribution in [2.24, 2.45) is 0 Å². The van der Waals surface area contributed by atoms with Crippen LogP contribution in [0, 0.1) is 0 Å². The van der Waals surface area contributed by atoms with Crippen LogP contribution in [0.15, 0.2) is 16.8 Å². The second kappa shape index (κ2) is 5.54. The van der Waals surface area contributed by atoms with Crippen LogP contribution in [-0.4, -0.2) is 18.4 Å². The molecule has 1 heterocycles. The molecule has 0 unspecified atom stereocenters. The van der Waals surface area contributed by atoms with Crippen molar-refractivity contribution in [2.75, 3.05) is 6.61 Å². The standard InChI is InChI=1S/C10H12O3S/c1-2-13-10(12)6-9(11)5-8-3-4-14-7-8/h3-4,7H,2,5-6H2,1H3. The molecule has 0 spiro atoms. The molecule has 0 radical (unpaired) electrons. The molecule has 0 atom stereocenters. The molecule has 0 fully saturated rings. The molecule has 0 amide bonds. The zero-order valence-electron chi connectivity index (χ0n) is 7.99.